The van der Waals surface area contributed by atoms with Crippen molar-refractivity contribution in [2.75, 3.05) is 40.9 Å². The minimum absolute atomic E-state index is 0.140. The maximum Gasteiger partial charge on any atom is 0.228 e. The molecule has 1 aliphatic rings. The lowest BCUT2D eigenvalue weighted by Crippen LogP contribution is -2.43. The third-order valence-electron chi connectivity index (χ3n) is 3.84. The van der Waals surface area contributed by atoms with Crippen molar-refractivity contribution in [1.82, 2.24) is 10.2 Å². The highest BCUT2D eigenvalue weighted by Gasteiger charge is 2.41. The van der Waals surface area contributed by atoms with Crippen molar-refractivity contribution in [1.29, 1.82) is 0 Å². The summed E-state index contributed by atoms with van der Waals surface area (Å²) in [5, 5.41) is 3.08. The summed E-state index contributed by atoms with van der Waals surface area (Å²) in [6.07, 6.45) is 5.27. The van der Waals surface area contributed by atoms with Gasteiger partial charge in [0.25, 0.3) is 0 Å². The molecule has 0 aromatic carbocycles. The van der Waals surface area contributed by atoms with Gasteiger partial charge in [0.15, 0.2) is 0 Å². The molecular formula is C13H26N2O2. The van der Waals surface area contributed by atoms with Crippen LogP contribution < -0.4 is 5.32 Å². The fourth-order valence-electron chi connectivity index (χ4n) is 2.71. The molecule has 1 rings (SSSR count). The molecule has 0 aromatic rings. The number of ether oxygens (including phenoxy) is 1. The normalized spacial score (nSPS) is 18.3. The Balaban J connectivity index is 2.59. The molecule has 0 aliphatic heterocycles. The van der Waals surface area contributed by atoms with Gasteiger partial charge < -0.3 is 15.0 Å². The van der Waals surface area contributed by atoms with Crippen molar-refractivity contribution in [2.45, 2.75) is 32.1 Å². The summed E-state index contributed by atoms with van der Waals surface area (Å²) >= 11 is 0. The Morgan fingerprint density at radius 2 is 2.06 bits per heavy atom. The van der Waals surface area contributed by atoms with Gasteiger partial charge in [-0.25, -0.2) is 0 Å². The number of hydrogen-bond donors (Lipinski definition) is 1. The summed E-state index contributed by atoms with van der Waals surface area (Å²) in [5.41, 5.74) is -0.140. The third-order valence-corrected chi connectivity index (χ3v) is 3.84. The van der Waals surface area contributed by atoms with Gasteiger partial charge >= 0.3 is 0 Å². The van der Waals surface area contributed by atoms with Crippen LogP contribution in [0.2, 0.25) is 0 Å². The number of methoxy groups -OCH3 is 1. The molecule has 100 valence electrons. The lowest BCUT2D eigenvalue weighted by atomic mass is 9.81. The molecule has 0 saturated heterocycles. The SMILES string of the molecule is CNCCN(C)C(=O)C1(CCOC)CCCC1. The summed E-state index contributed by atoms with van der Waals surface area (Å²) in [6.45, 7) is 2.32. The molecule has 0 bridgehead atoms. The van der Waals surface area contributed by atoms with Crippen LogP contribution >= 0.6 is 0 Å². The molecule has 0 radical (unpaired) electrons. The third kappa shape index (κ3) is 3.68. The van der Waals surface area contributed by atoms with Crippen molar-refractivity contribution >= 4 is 5.91 Å². The van der Waals surface area contributed by atoms with Crippen molar-refractivity contribution in [3.8, 4) is 0 Å². The van der Waals surface area contributed by atoms with Crippen LogP contribution in [-0.4, -0.2) is 51.7 Å². The Hall–Kier alpha value is -0.610. The van der Waals surface area contributed by atoms with Crippen molar-refractivity contribution in [3.63, 3.8) is 0 Å². The lowest BCUT2D eigenvalue weighted by Gasteiger charge is -2.32. The van der Waals surface area contributed by atoms with Gasteiger partial charge in [0.1, 0.15) is 0 Å². The van der Waals surface area contributed by atoms with Crippen LogP contribution in [-0.2, 0) is 9.53 Å². The van der Waals surface area contributed by atoms with E-state index in [1.165, 1.54) is 12.8 Å². The second kappa shape index (κ2) is 6.97. The van der Waals surface area contributed by atoms with Gasteiger partial charge in [0, 0.05) is 33.9 Å². The molecule has 1 fully saturated rings. The van der Waals surface area contributed by atoms with Crippen molar-refractivity contribution in [2.24, 2.45) is 5.41 Å². The number of carbonyl (C=O) groups excluding carboxylic acids is 1. The van der Waals surface area contributed by atoms with Gasteiger partial charge in [-0.3, -0.25) is 4.79 Å². The average Bonchev–Trinajstić information content (AvgIpc) is 2.82. The van der Waals surface area contributed by atoms with Crippen LogP contribution in [0.3, 0.4) is 0 Å². The van der Waals surface area contributed by atoms with Gasteiger partial charge in [0.2, 0.25) is 5.91 Å². The summed E-state index contributed by atoms with van der Waals surface area (Å²) in [7, 11) is 5.53. The van der Waals surface area contributed by atoms with Gasteiger partial charge in [-0.05, 0) is 26.3 Å². The fraction of sp³-hybridized carbons (Fsp3) is 0.923. The first kappa shape index (κ1) is 14.5. The van der Waals surface area contributed by atoms with E-state index in [0.717, 1.165) is 32.4 Å². The molecule has 1 N–H and O–H groups in total. The predicted molar refractivity (Wildman–Crippen MR) is 69.0 cm³/mol. The van der Waals surface area contributed by atoms with E-state index in [4.69, 9.17) is 4.74 Å². The highest BCUT2D eigenvalue weighted by Crippen LogP contribution is 2.42. The van der Waals surface area contributed by atoms with Crippen LogP contribution in [0.1, 0.15) is 32.1 Å². The summed E-state index contributed by atoms with van der Waals surface area (Å²) in [4.78, 5) is 14.4. The first-order valence-electron chi connectivity index (χ1n) is 6.55. The van der Waals surface area contributed by atoms with E-state index in [9.17, 15) is 4.79 Å². The van der Waals surface area contributed by atoms with E-state index in [0.29, 0.717) is 12.5 Å². The number of hydrogen-bond acceptors (Lipinski definition) is 3. The highest BCUT2D eigenvalue weighted by molar-refractivity contribution is 5.82. The first-order valence-corrected chi connectivity index (χ1v) is 6.55. The Bertz CT molecular complexity index is 238. The van der Waals surface area contributed by atoms with E-state index in [-0.39, 0.29) is 5.41 Å². The number of likely N-dealkylation sites (N-methyl/N-ethyl adjacent to an activating group) is 2. The number of carbonyl (C=O) groups is 1. The van der Waals surface area contributed by atoms with E-state index >= 15 is 0 Å². The number of nitrogens with one attached hydrogen (secondary N) is 1. The van der Waals surface area contributed by atoms with Gasteiger partial charge in [-0.1, -0.05) is 12.8 Å². The van der Waals surface area contributed by atoms with E-state index < -0.39 is 0 Å². The average molecular weight is 242 g/mol. The molecule has 17 heavy (non-hydrogen) atoms. The Labute approximate surface area is 105 Å². The molecule has 0 heterocycles. The maximum atomic E-state index is 12.5. The van der Waals surface area contributed by atoms with Gasteiger partial charge in [0.05, 0.1) is 5.41 Å². The molecule has 1 aliphatic carbocycles. The van der Waals surface area contributed by atoms with Crippen LogP contribution in [0.25, 0.3) is 0 Å². The summed E-state index contributed by atoms with van der Waals surface area (Å²) < 4.78 is 5.16. The van der Waals surface area contributed by atoms with Gasteiger partial charge in [-0.2, -0.15) is 0 Å². The molecule has 0 aromatic heterocycles. The smallest absolute Gasteiger partial charge is 0.228 e. The molecule has 0 atom stereocenters. The van der Waals surface area contributed by atoms with Crippen LogP contribution in [0, 0.1) is 5.41 Å². The zero-order valence-corrected chi connectivity index (χ0v) is 11.4. The highest BCUT2D eigenvalue weighted by atomic mass is 16.5. The van der Waals surface area contributed by atoms with Crippen molar-refractivity contribution in [3.05, 3.63) is 0 Å². The zero-order chi connectivity index (χ0) is 12.7. The van der Waals surface area contributed by atoms with E-state index in [2.05, 4.69) is 5.32 Å². The van der Waals surface area contributed by atoms with Crippen LogP contribution in [0.15, 0.2) is 0 Å². The molecule has 4 heteroatoms. The number of nitrogens with zero attached hydrogens (tertiary/aromatic N) is 1. The predicted octanol–water partition coefficient (Wildman–Crippen LogP) is 1.26. The Morgan fingerprint density at radius 3 is 2.59 bits per heavy atom. The lowest BCUT2D eigenvalue weighted by molar-refractivity contribution is -0.141. The zero-order valence-electron chi connectivity index (χ0n) is 11.4. The minimum atomic E-state index is -0.140. The molecule has 1 amide bonds. The summed E-state index contributed by atoms with van der Waals surface area (Å²) in [5.74, 6) is 0.308. The molecular weight excluding hydrogens is 216 g/mol. The molecule has 1 saturated carbocycles. The Morgan fingerprint density at radius 1 is 1.41 bits per heavy atom. The fourth-order valence-corrected chi connectivity index (χ4v) is 2.71. The largest absolute Gasteiger partial charge is 0.385 e. The number of amides is 1. The molecule has 0 spiro atoms. The second-order valence-corrected chi connectivity index (χ2v) is 5.06. The quantitative estimate of drug-likeness (QED) is 0.731. The monoisotopic (exact) mass is 242 g/mol. The van der Waals surface area contributed by atoms with Crippen LogP contribution in [0.4, 0.5) is 0 Å². The first-order chi connectivity index (χ1) is 8.16. The summed E-state index contributed by atoms with van der Waals surface area (Å²) in [6, 6.07) is 0. The Kier molecular flexibility index (Phi) is 5.92. The standard InChI is InChI=1S/C13H26N2O2/c1-14-9-10-15(2)12(16)13(8-11-17-3)6-4-5-7-13/h14H,4-11H2,1-3H3. The second-order valence-electron chi connectivity index (χ2n) is 5.06. The van der Waals surface area contributed by atoms with Gasteiger partial charge in [-0.15, -0.1) is 0 Å². The van der Waals surface area contributed by atoms with E-state index in [1.54, 1.807) is 7.11 Å². The van der Waals surface area contributed by atoms with Crippen LogP contribution in [0.5, 0.6) is 0 Å². The topological polar surface area (TPSA) is 41.6 Å². The number of rotatable bonds is 7. The molecule has 4 nitrogen and oxygen atoms in total. The maximum absolute atomic E-state index is 12.5. The minimum Gasteiger partial charge on any atom is -0.385 e. The molecule has 0 unspecified atom stereocenters. The van der Waals surface area contributed by atoms with Crippen molar-refractivity contribution < 1.29 is 9.53 Å². The van der Waals surface area contributed by atoms with E-state index in [1.807, 2.05) is 19.0 Å².